The number of hydrogen-bond donors (Lipinski definition) is 4. The Hall–Kier alpha value is -3.44. The monoisotopic (exact) mass is 616 g/mol. The standard InChI is InChI=1S/C34H48O10/c35-21-9-5-1-3-7-11-23-41-31(37)17-19-33(39)43-29-15-13-28-26-30(16-14-27(28)25-29)44-34(40)20-18-32(38)42-24-12-8-4-2-6-10-22-36/h13-20,25-26,33-36,39-40H,1-12,21-24H2. The number of aliphatic hydroxyl groups is 4. The van der Waals surface area contributed by atoms with Gasteiger partial charge < -0.3 is 39.4 Å². The van der Waals surface area contributed by atoms with E-state index in [2.05, 4.69) is 0 Å². The average molecular weight is 617 g/mol. The first-order valence-corrected chi connectivity index (χ1v) is 15.6. The van der Waals surface area contributed by atoms with Crippen molar-refractivity contribution in [3.05, 3.63) is 60.7 Å². The van der Waals surface area contributed by atoms with Gasteiger partial charge in [0.15, 0.2) is 0 Å². The number of fused-ring (bicyclic) bond motifs is 1. The molecule has 10 nitrogen and oxygen atoms in total. The van der Waals surface area contributed by atoms with Crippen LogP contribution in [0.4, 0.5) is 0 Å². The molecule has 0 aliphatic rings. The van der Waals surface area contributed by atoms with E-state index < -0.39 is 24.5 Å². The van der Waals surface area contributed by atoms with Gasteiger partial charge in [-0.3, -0.25) is 0 Å². The molecule has 2 aromatic carbocycles. The van der Waals surface area contributed by atoms with Crippen LogP contribution in [-0.4, -0.2) is 71.4 Å². The molecule has 0 saturated carbocycles. The van der Waals surface area contributed by atoms with Crippen molar-refractivity contribution in [2.45, 2.75) is 89.6 Å². The minimum absolute atomic E-state index is 0.222. The molecule has 0 fully saturated rings. The van der Waals surface area contributed by atoms with Crippen LogP contribution in [0, 0.1) is 0 Å². The van der Waals surface area contributed by atoms with Crippen molar-refractivity contribution >= 4 is 22.7 Å². The Labute approximate surface area is 259 Å². The molecule has 0 radical (unpaired) electrons. The molecule has 0 spiro atoms. The Bertz CT molecular complexity index is 1060. The number of hydrogen-bond acceptors (Lipinski definition) is 10. The Balaban J connectivity index is 1.70. The van der Waals surface area contributed by atoms with Crippen LogP contribution in [0.15, 0.2) is 60.7 Å². The topological polar surface area (TPSA) is 152 Å². The molecular weight excluding hydrogens is 568 g/mol. The summed E-state index contributed by atoms with van der Waals surface area (Å²) >= 11 is 0. The number of benzene rings is 2. The van der Waals surface area contributed by atoms with Crippen LogP contribution in [0.3, 0.4) is 0 Å². The quantitative estimate of drug-likeness (QED) is 0.0543. The van der Waals surface area contributed by atoms with Gasteiger partial charge in [-0.05, 0) is 72.9 Å². The second kappa shape index (κ2) is 23.0. The molecule has 10 heteroatoms. The SMILES string of the molecule is O=C(C=CC(O)Oc1ccc2cc(OC(O)C=CC(=O)OCCCCCCCCO)ccc2c1)OCCCCCCCCO. The Morgan fingerprint density at radius 2 is 0.932 bits per heavy atom. The van der Waals surface area contributed by atoms with E-state index in [1.165, 1.54) is 12.2 Å². The van der Waals surface area contributed by atoms with E-state index in [-0.39, 0.29) is 13.2 Å². The summed E-state index contributed by atoms with van der Waals surface area (Å²) in [6.07, 6.45) is 13.3. The van der Waals surface area contributed by atoms with E-state index in [1.54, 1.807) is 36.4 Å². The fourth-order valence-corrected chi connectivity index (χ4v) is 4.31. The van der Waals surface area contributed by atoms with Gasteiger partial charge in [-0.25, -0.2) is 9.59 Å². The molecule has 2 rings (SSSR count). The average Bonchev–Trinajstić information content (AvgIpc) is 3.01. The first-order chi connectivity index (χ1) is 21.4. The normalized spacial score (nSPS) is 12.9. The predicted molar refractivity (Wildman–Crippen MR) is 167 cm³/mol. The third kappa shape index (κ3) is 17.0. The van der Waals surface area contributed by atoms with Crippen LogP contribution in [-0.2, 0) is 19.1 Å². The van der Waals surface area contributed by atoms with Crippen LogP contribution in [0.25, 0.3) is 10.8 Å². The third-order valence-electron chi connectivity index (χ3n) is 6.68. The number of carbonyl (C=O) groups excluding carboxylic acids is 2. The fraction of sp³-hybridized carbons (Fsp3) is 0.529. The first-order valence-electron chi connectivity index (χ1n) is 15.6. The largest absolute Gasteiger partial charge is 0.463 e. The van der Waals surface area contributed by atoms with Gasteiger partial charge in [-0.15, -0.1) is 0 Å². The zero-order valence-corrected chi connectivity index (χ0v) is 25.5. The van der Waals surface area contributed by atoms with E-state index in [4.69, 9.17) is 29.2 Å². The predicted octanol–water partition coefficient (Wildman–Crippen LogP) is 5.10. The molecule has 0 bridgehead atoms. The molecular formula is C34H48O10. The summed E-state index contributed by atoms with van der Waals surface area (Å²) in [5.41, 5.74) is 0. The van der Waals surface area contributed by atoms with Gasteiger partial charge in [0, 0.05) is 25.4 Å². The zero-order chi connectivity index (χ0) is 31.8. The lowest BCUT2D eigenvalue weighted by Gasteiger charge is -2.12. The third-order valence-corrected chi connectivity index (χ3v) is 6.68. The van der Waals surface area contributed by atoms with Crippen molar-refractivity contribution in [1.82, 2.24) is 0 Å². The molecule has 0 amide bonds. The summed E-state index contributed by atoms with van der Waals surface area (Å²) in [5, 5.41) is 39.4. The van der Waals surface area contributed by atoms with Gasteiger partial charge in [0.2, 0.25) is 12.6 Å². The minimum atomic E-state index is -1.34. The summed E-state index contributed by atoms with van der Waals surface area (Å²) in [5.74, 6) is -0.322. The zero-order valence-electron chi connectivity index (χ0n) is 25.5. The summed E-state index contributed by atoms with van der Waals surface area (Å²) in [6.45, 7) is 1.06. The van der Waals surface area contributed by atoms with Crippen LogP contribution in [0.1, 0.15) is 77.0 Å². The fourth-order valence-electron chi connectivity index (χ4n) is 4.31. The van der Waals surface area contributed by atoms with E-state index in [0.717, 1.165) is 100.0 Å². The number of aliphatic hydroxyl groups excluding tert-OH is 4. The van der Waals surface area contributed by atoms with Gasteiger partial charge in [0.1, 0.15) is 11.5 Å². The molecule has 2 aromatic rings. The lowest BCUT2D eigenvalue weighted by molar-refractivity contribution is -0.138. The maximum Gasteiger partial charge on any atom is 0.330 e. The van der Waals surface area contributed by atoms with Crippen molar-refractivity contribution in [3.63, 3.8) is 0 Å². The first kappa shape index (κ1) is 36.8. The van der Waals surface area contributed by atoms with Gasteiger partial charge in [-0.2, -0.15) is 0 Å². The second-order valence-corrected chi connectivity index (χ2v) is 10.4. The molecule has 0 saturated heterocycles. The maximum atomic E-state index is 11.9. The molecule has 4 N–H and O–H groups in total. The van der Waals surface area contributed by atoms with Crippen molar-refractivity contribution in [1.29, 1.82) is 0 Å². The molecule has 44 heavy (non-hydrogen) atoms. The maximum absolute atomic E-state index is 11.9. The number of carbonyl (C=O) groups is 2. The van der Waals surface area contributed by atoms with Crippen molar-refractivity contribution in [2.24, 2.45) is 0 Å². The number of ether oxygens (including phenoxy) is 4. The van der Waals surface area contributed by atoms with Crippen molar-refractivity contribution in [2.75, 3.05) is 26.4 Å². The van der Waals surface area contributed by atoms with Gasteiger partial charge in [0.25, 0.3) is 0 Å². The molecule has 2 atom stereocenters. The Morgan fingerprint density at radius 3 is 1.32 bits per heavy atom. The number of rotatable bonds is 24. The van der Waals surface area contributed by atoms with E-state index in [9.17, 15) is 19.8 Å². The molecule has 2 unspecified atom stereocenters. The van der Waals surface area contributed by atoms with Gasteiger partial charge >= 0.3 is 11.9 Å². The second-order valence-electron chi connectivity index (χ2n) is 10.4. The highest BCUT2D eigenvalue weighted by molar-refractivity contribution is 5.85. The summed E-state index contributed by atoms with van der Waals surface area (Å²) in [6, 6.07) is 10.3. The van der Waals surface area contributed by atoms with E-state index >= 15 is 0 Å². The molecule has 0 aliphatic heterocycles. The summed E-state index contributed by atoms with van der Waals surface area (Å²) < 4.78 is 21.2. The highest BCUT2D eigenvalue weighted by atomic mass is 16.6. The molecule has 0 heterocycles. The molecule has 0 aromatic heterocycles. The molecule has 0 aliphatic carbocycles. The van der Waals surface area contributed by atoms with Gasteiger partial charge in [0.05, 0.1) is 13.2 Å². The van der Waals surface area contributed by atoms with Crippen molar-refractivity contribution < 1.29 is 49.0 Å². The highest BCUT2D eigenvalue weighted by Gasteiger charge is 2.08. The van der Waals surface area contributed by atoms with Crippen LogP contribution in [0.5, 0.6) is 11.5 Å². The van der Waals surface area contributed by atoms with Crippen molar-refractivity contribution in [3.8, 4) is 11.5 Å². The lowest BCUT2D eigenvalue weighted by Crippen LogP contribution is -2.13. The Morgan fingerprint density at radius 1 is 0.568 bits per heavy atom. The summed E-state index contributed by atoms with van der Waals surface area (Å²) in [7, 11) is 0. The molecule has 244 valence electrons. The van der Waals surface area contributed by atoms with Crippen LogP contribution < -0.4 is 9.47 Å². The van der Waals surface area contributed by atoms with E-state index in [0.29, 0.717) is 24.7 Å². The van der Waals surface area contributed by atoms with Crippen LogP contribution in [0.2, 0.25) is 0 Å². The smallest absolute Gasteiger partial charge is 0.330 e. The minimum Gasteiger partial charge on any atom is -0.463 e. The van der Waals surface area contributed by atoms with Gasteiger partial charge in [-0.1, -0.05) is 63.5 Å². The van der Waals surface area contributed by atoms with E-state index in [1.807, 2.05) is 0 Å². The highest BCUT2D eigenvalue weighted by Crippen LogP contribution is 2.26. The summed E-state index contributed by atoms with van der Waals surface area (Å²) in [4.78, 5) is 23.7. The van der Waals surface area contributed by atoms with Crippen LogP contribution >= 0.6 is 0 Å². The Kier molecular flexibility index (Phi) is 19.2. The number of esters is 2. The number of unbranched alkanes of at least 4 members (excludes halogenated alkanes) is 10. The lowest BCUT2D eigenvalue weighted by atomic mass is 10.1.